The second-order valence-corrected chi connectivity index (χ2v) is 8.16. The molecule has 2 N–H and O–H groups in total. The van der Waals surface area contributed by atoms with Gasteiger partial charge in [0.05, 0.1) is 29.3 Å². The van der Waals surface area contributed by atoms with Crippen molar-refractivity contribution in [3.05, 3.63) is 51.6 Å². The van der Waals surface area contributed by atoms with Crippen molar-refractivity contribution in [2.75, 3.05) is 19.7 Å². The number of hydrogen-bond acceptors (Lipinski definition) is 6. The van der Waals surface area contributed by atoms with Crippen molar-refractivity contribution >= 4 is 35.3 Å². The summed E-state index contributed by atoms with van der Waals surface area (Å²) in [5, 5.41) is 10.6. The van der Waals surface area contributed by atoms with Gasteiger partial charge in [0.15, 0.2) is 5.65 Å². The van der Waals surface area contributed by atoms with Crippen LogP contribution in [0.25, 0.3) is 5.65 Å². The minimum atomic E-state index is -0.208. The average molecular weight is 420 g/mol. The first-order valence-electron chi connectivity index (χ1n) is 9.29. The maximum Gasteiger partial charge on any atom is 0.261 e. The third-order valence-corrected chi connectivity index (χ3v) is 6.65. The van der Waals surface area contributed by atoms with Crippen LogP contribution in [0.4, 0.5) is 0 Å². The van der Waals surface area contributed by atoms with Gasteiger partial charge in [-0.3, -0.25) is 4.79 Å². The largest absolute Gasteiger partial charge is 0.370 e. The topological polar surface area (TPSA) is 80.6 Å². The lowest BCUT2D eigenvalue weighted by molar-refractivity contribution is -0.0792. The van der Waals surface area contributed by atoms with Crippen molar-refractivity contribution in [3.8, 4) is 0 Å². The summed E-state index contributed by atoms with van der Waals surface area (Å²) in [6, 6.07) is 7.81. The number of amides is 1. The molecule has 7 nitrogen and oxygen atoms in total. The molecule has 2 aliphatic heterocycles. The monoisotopic (exact) mass is 419 g/mol. The molecule has 9 heteroatoms. The Morgan fingerprint density at radius 3 is 3.07 bits per heavy atom. The van der Waals surface area contributed by atoms with Gasteiger partial charge in [-0.15, -0.1) is 23.7 Å². The van der Waals surface area contributed by atoms with Crippen LogP contribution in [0.2, 0.25) is 0 Å². The van der Waals surface area contributed by atoms with Crippen LogP contribution < -0.4 is 10.6 Å². The smallest absolute Gasteiger partial charge is 0.261 e. The van der Waals surface area contributed by atoms with Gasteiger partial charge in [-0.25, -0.2) is 9.50 Å². The first-order valence-corrected chi connectivity index (χ1v) is 10.1. The van der Waals surface area contributed by atoms with E-state index in [1.807, 2.05) is 18.2 Å². The molecule has 0 radical (unpaired) electrons. The van der Waals surface area contributed by atoms with Crippen molar-refractivity contribution in [1.29, 1.82) is 0 Å². The molecule has 5 heterocycles. The predicted molar refractivity (Wildman–Crippen MR) is 109 cm³/mol. The van der Waals surface area contributed by atoms with E-state index in [0.29, 0.717) is 6.54 Å². The molecule has 148 valence electrons. The molecule has 28 heavy (non-hydrogen) atoms. The van der Waals surface area contributed by atoms with Gasteiger partial charge in [-0.2, -0.15) is 5.10 Å². The van der Waals surface area contributed by atoms with Crippen LogP contribution in [0.5, 0.6) is 0 Å². The molecule has 0 unspecified atom stereocenters. The fourth-order valence-electron chi connectivity index (χ4n) is 4.07. The van der Waals surface area contributed by atoms with Crippen molar-refractivity contribution in [2.24, 2.45) is 0 Å². The Morgan fingerprint density at radius 1 is 1.36 bits per heavy atom. The minimum Gasteiger partial charge on any atom is -0.370 e. The van der Waals surface area contributed by atoms with Crippen molar-refractivity contribution in [1.82, 2.24) is 25.2 Å². The second-order valence-electron chi connectivity index (χ2n) is 7.02. The first kappa shape index (κ1) is 19.3. The number of rotatable bonds is 3. The Hall–Kier alpha value is -2.00. The number of carbonyl (C=O) groups excluding carboxylic acids is 1. The van der Waals surface area contributed by atoms with E-state index < -0.39 is 0 Å². The number of piperidine rings is 1. The summed E-state index contributed by atoms with van der Waals surface area (Å²) in [4.78, 5) is 19.0. The summed E-state index contributed by atoms with van der Waals surface area (Å²) in [5.74, 6) is -0.0457. The third kappa shape index (κ3) is 3.30. The van der Waals surface area contributed by atoms with E-state index in [0.717, 1.165) is 55.2 Å². The Kier molecular flexibility index (Phi) is 5.37. The number of thiophene rings is 1. The molecule has 1 spiro atoms. The summed E-state index contributed by atoms with van der Waals surface area (Å²) in [5.41, 5.74) is 2.69. The summed E-state index contributed by atoms with van der Waals surface area (Å²) in [7, 11) is 0. The van der Waals surface area contributed by atoms with E-state index >= 15 is 0 Å². The lowest BCUT2D eigenvalue weighted by atomic mass is 9.83. The molecule has 1 fully saturated rings. The quantitative estimate of drug-likeness (QED) is 0.680. The molecular formula is C19H22ClN5O2S. The van der Waals surface area contributed by atoms with E-state index in [4.69, 9.17) is 4.74 Å². The van der Waals surface area contributed by atoms with E-state index in [2.05, 4.69) is 26.8 Å². The highest BCUT2D eigenvalue weighted by Crippen LogP contribution is 2.43. The highest BCUT2D eigenvalue weighted by molar-refractivity contribution is 7.14. The molecular weight excluding hydrogens is 398 g/mol. The van der Waals surface area contributed by atoms with Crippen LogP contribution >= 0.6 is 23.7 Å². The zero-order valence-corrected chi connectivity index (χ0v) is 16.9. The van der Waals surface area contributed by atoms with Gasteiger partial charge in [0.25, 0.3) is 5.91 Å². The molecule has 5 rings (SSSR count). The van der Waals surface area contributed by atoms with Crippen LogP contribution in [0.15, 0.2) is 30.6 Å². The zero-order chi connectivity index (χ0) is 18.3. The number of halogens is 1. The van der Waals surface area contributed by atoms with Gasteiger partial charge in [-0.1, -0.05) is 6.07 Å². The molecule has 1 saturated heterocycles. The minimum absolute atomic E-state index is 0. The standard InChI is InChI=1S/C19H21N5O2S.ClH/c25-18(21-11-13-2-1-3-17-22-12-23-24(13)17)16-10-14-15(27-16)4-9-26-19(14)5-7-20-8-6-19;/h1-3,10,12,20H,4-9,11H2,(H,21,25);1H. The lowest BCUT2D eigenvalue weighted by Gasteiger charge is -2.40. The summed E-state index contributed by atoms with van der Waals surface area (Å²) in [6.07, 6.45) is 4.34. The van der Waals surface area contributed by atoms with Gasteiger partial charge in [0.2, 0.25) is 0 Å². The maximum atomic E-state index is 12.8. The van der Waals surface area contributed by atoms with Gasteiger partial charge in [0.1, 0.15) is 6.33 Å². The molecule has 0 aromatic carbocycles. The molecule has 2 aliphatic rings. The predicted octanol–water partition coefficient (Wildman–Crippen LogP) is 2.29. The van der Waals surface area contributed by atoms with Gasteiger partial charge in [-0.05, 0) is 49.7 Å². The Morgan fingerprint density at radius 2 is 2.21 bits per heavy atom. The number of pyridine rings is 1. The maximum absolute atomic E-state index is 12.8. The van der Waals surface area contributed by atoms with Crippen molar-refractivity contribution in [2.45, 2.75) is 31.4 Å². The van der Waals surface area contributed by atoms with Crippen molar-refractivity contribution in [3.63, 3.8) is 0 Å². The zero-order valence-electron chi connectivity index (χ0n) is 15.3. The van der Waals surface area contributed by atoms with E-state index in [-0.39, 0.29) is 23.9 Å². The molecule has 0 atom stereocenters. The number of fused-ring (bicyclic) bond motifs is 3. The van der Waals surface area contributed by atoms with E-state index in [1.54, 1.807) is 15.9 Å². The molecule has 0 saturated carbocycles. The van der Waals surface area contributed by atoms with Gasteiger partial charge >= 0.3 is 0 Å². The molecule has 3 aromatic heterocycles. The van der Waals surface area contributed by atoms with Crippen LogP contribution in [0.3, 0.4) is 0 Å². The number of nitrogens with one attached hydrogen (secondary N) is 2. The SMILES string of the molecule is Cl.O=C(NCc1cccc2ncnn12)c1cc2c(s1)CCOC21CCNCC1. The van der Waals surface area contributed by atoms with Crippen LogP contribution in [-0.4, -0.2) is 40.2 Å². The van der Waals surface area contributed by atoms with E-state index in [9.17, 15) is 4.79 Å². The molecule has 3 aromatic rings. The number of carbonyl (C=O) groups is 1. The van der Waals surface area contributed by atoms with Crippen LogP contribution in [-0.2, 0) is 23.3 Å². The highest BCUT2D eigenvalue weighted by Gasteiger charge is 2.40. The van der Waals surface area contributed by atoms with Gasteiger partial charge in [0, 0.05) is 11.3 Å². The Labute approximate surface area is 172 Å². The number of nitrogens with zero attached hydrogens (tertiary/aromatic N) is 3. The fraction of sp³-hybridized carbons (Fsp3) is 0.421. The van der Waals surface area contributed by atoms with Crippen LogP contribution in [0, 0.1) is 0 Å². The normalized spacial score (nSPS) is 17.9. The average Bonchev–Trinajstić information content (AvgIpc) is 3.35. The van der Waals surface area contributed by atoms with Crippen molar-refractivity contribution < 1.29 is 9.53 Å². The molecule has 0 aliphatic carbocycles. The summed E-state index contributed by atoms with van der Waals surface area (Å²) in [6.45, 7) is 3.06. The Bertz CT molecular complexity index is 995. The molecule has 1 amide bonds. The second kappa shape index (κ2) is 7.79. The first-order chi connectivity index (χ1) is 13.3. The van der Waals surface area contributed by atoms with Gasteiger partial charge < -0.3 is 15.4 Å². The summed E-state index contributed by atoms with van der Waals surface area (Å²) >= 11 is 1.60. The number of ether oxygens (including phenoxy) is 1. The lowest BCUT2D eigenvalue weighted by Crippen LogP contribution is -2.44. The highest BCUT2D eigenvalue weighted by atomic mass is 35.5. The van der Waals surface area contributed by atoms with Crippen LogP contribution in [0.1, 0.15) is 38.6 Å². The third-order valence-electron chi connectivity index (χ3n) is 5.45. The Balaban J connectivity index is 0.00000192. The fourth-order valence-corrected chi connectivity index (χ4v) is 5.21. The summed E-state index contributed by atoms with van der Waals surface area (Å²) < 4.78 is 7.96. The number of hydrogen-bond donors (Lipinski definition) is 2. The molecule has 0 bridgehead atoms. The number of aromatic nitrogens is 3. The van der Waals surface area contributed by atoms with E-state index in [1.165, 1.54) is 16.8 Å².